The highest BCUT2D eigenvalue weighted by Gasteiger charge is 2.07. The van der Waals surface area contributed by atoms with Crippen molar-refractivity contribution in [1.82, 2.24) is 19.5 Å². The molecule has 0 saturated carbocycles. The van der Waals surface area contributed by atoms with E-state index in [-0.39, 0.29) is 0 Å². The summed E-state index contributed by atoms with van der Waals surface area (Å²) in [4.78, 5) is 12.6. The monoisotopic (exact) mass is 249 g/mol. The van der Waals surface area contributed by atoms with Crippen molar-refractivity contribution in [2.45, 2.75) is 0 Å². The molecule has 92 valence electrons. The SMILES string of the molecule is Cn1cnc2c(N)nc(C#Cc3ccccc3)nc21. The highest BCUT2D eigenvalue weighted by Crippen LogP contribution is 2.14. The van der Waals surface area contributed by atoms with Gasteiger partial charge in [0.05, 0.1) is 6.33 Å². The minimum atomic E-state index is 0.350. The third kappa shape index (κ3) is 2.11. The summed E-state index contributed by atoms with van der Waals surface area (Å²) in [6.07, 6.45) is 1.66. The summed E-state index contributed by atoms with van der Waals surface area (Å²) >= 11 is 0. The molecule has 1 aromatic carbocycles. The first-order valence-corrected chi connectivity index (χ1v) is 5.75. The summed E-state index contributed by atoms with van der Waals surface area (Å²) in [5.41, 5.74) is 8.05. The highest BCUT2D eigenvalue weighted by molar-refractivity contribution is 5.81. The molecule has 2 aromatic heterocycles. The van der Waals surface area contributed by atoms with Gasteiger partial charge in [-0.2, -0.15) is 0 Å². The molecule has 0 aliphatic rings. The Labute approximate surface area is 110 Å². The maximum atomic E-state index is 5.84. The molecule has 0 aliphatic heterocycles. The summed E-state index contributed by atoms with van der Waals surface area (Å²) in [7, 11) is 1.86. The molecule has 0 aliphatic carbocycles. The Balaban J connectivity index is 2.07. The van der Waals surface area contributed by atoms with Crippen LogP contribution in [0.3, 0.4) is 0 Å². The summed E-state index contributed by atoms with van der Waals surface area (Å²) < 4.78 is 1.79. The number of nitrogen functional groups attached to an aromatic ring is 1. The zero-order valence-electron chi connectivity index (χ0n) is 10.3. The van der Waals surface area contributed by atoms with Crippen LogP contribution in [0.25, 0.3) is 11.2 Å². The van der Waals surface area contributed by atoms with Gasteiger partial charge in [-0.3, -0.25) is 0 Å². The van der Waals surface area contributed by atoms with Gasteiger partial charge in [-0.1, -0.05) is 24.1 Å². The number of benzene rings is 1. The quantitative estimate of drug-likeness (QED) is 0.610. The van der Waals surface area contributed by atoms with E-state index in [0.29, 0.717) is 22.8 Å². The summed E-state index contributed by atoms with van der Waals surface area (Å²) in [5.74, 6) is 6.67. The molecule has 2 N–H and O–H groups in total. The van der Waals surface area contributed by atoms with Crippen molar-refractivity contribution in [2.24, 2.45) is 7.05 Å². The van der Waals surface area contributed by atoms with Crippen molar-refractivity contribution in [1.29, 1.82) is 0 Å². The van der Waals surface area contributed by atoms with Crippen LogP contribution >= 0.6 is 0 Å². The Bertz CT molecular complexity index is 793. The number of hydrogen-bond donors (Lipinski definition) is 1. The van der Waals surface area contributed by atoms with Crippen LogP contribution < -0.4 is 5.73 Å². The molecule has 5 nitrogen and oxygen atoms in total. The third-order valence-corrected chi connectivity index (χ3v) is 2.68. The lowest BCUT2D eigenvalue weighted by atomic mass is 10.2. The van der Waals surface area contributed by atoms with Crippen LogP contribution in [0, 0.1) is 11.8 Å². The maximum absolute atomic E-state index is 5.84. The molecule has 0 radical (unpaired) electrons. The molecule has 0 fully saturated rings. The fourth-order valence-electron chi connectivity index (χ4n) is 1.73. The molecule has 0 bridgehead atoms. The van der Waals surface area contributed by atoms with Gasteiger partial charge in [-0.25, -0.2) is 15.0 Å². The summed E-state index contributed by atoms with van der Waals surface area (Å²) in [6, 6.07) is 9.67. The first-order valence-electron chi connectivity index (χ1n) is 5.75. The van der Waals surface area contributed by atoms with E-state index in [9.17, 15) is 0 Å². The minimum absolute atomic E-state index is 0.350. The Hall–Kier alpha value is -2.87. The van der Waals surface area contributed by atoms with Crippen molar-refractivity contribution in [2.75, 3.05) is 5.73 Å². The second kappa shape index (κ2) is 4.42. The highest BCUT2D eigenvalue weighted by atomic mass is 15.1. The van der Waals surface area contributed by atoms with E-state index in [4.69, 9.17) is 5.73 Å². The Morgan fingerprint density at radius 2 is 1.89 bits per heavy atom. The number of anilines is 1. The average molecular weight is 249 g/mol. The second-order valence-corrected chi connectivity index (χ2v) is 4.08. The second-order valence-electron chi connectivity index (χ2n) is 4.08. The van der Waals surface area contributed by atoms with Gasteiger partial charge in [0, 0.05) is 12.6 Å². The van der Waals surface area contributed by atoms with Crippen molar-refractivity contribution in [3.8, 4) is 11.8 Å². The van der Waals surface area contributed by atoms with E-state index in [1.807, 2.05) is 37.4 Å². The molecule has 0 amide bonds. The van der Waals surface area contributed by atoms with Gasteiger partial charge in [0.15, 0.2) is 11.5 Å². The zero-order chi connectivity index (χ0) is 13.2. The van der Waals surface area contributed by atoms with E-state index >= 15 is 0 Å². The predicted molar refractivity (Wildman–Crippen MR) is 73.1 cm³/mol. The largest absolute Gasteiger partial charge is 0.382 e. The van der Waals surface area contributed by atoms with Crippen LogP contribution in [-0.4, -0.2) is 19.5 Å². The van der Waals surface area contributed by atoms with Crippen LogP contribution in [0.1, 0.15) is 11.4 Å². The van der Waals surface area contributed by atoms with Crippen molar-refractivity contribution >= 4 is 17.0 Å². The Morgan fingerprint density at radius 3 is 2.68 bits per heavy atom. The van der Waals surface area contributed by atoms with E-state index < -0.39 is 0 Å². The molecular formula is C14H11N5. The third-order valence-electron chi connectivity index (χ3n) is 2.68. The molecule has 5 heteroatoms. The van der Waals surface area contributed by atoms with Crippen molar-refractivity contribution < 1.29 is 0 Å². The Kier molecular flexibility index (Phi) is 2.62. The van der Waals surface area contributed by atoms with Gasteiger partial charge in [0.25, 0.3) is 0 Å². The molecule has 0 atom stereocenters. The molecule has 3 aromatic rings. The summed E-state index contributed by atoms with van der Waals surface area (Å²) in [6.45, 7) is 0. The van der Waals surface area contributed by atoms with Gasteiger partial charge < -0.3 is 10.3 Å². The van der Waals surface area contributed by atoms with Gasteiger partial charge in [-0.05, 0) is 18.1 Å². The number of aryl methyl sites for hydroxylation is 1. The fraction of sp³-hybridized carbons (Fsp3) is 0.0714. The zero-order valence-corrected chi connectivity index (χ0v) is 10.3. The van der Waals surface area contributed by atoms with E-state index in [2.05, 4.69) is 26.8 Å². The first kappa shape index (κ1) is 11.2. The number of rotatable bonds is 0. The lowest BCUT2D eigenvalue weighted by Crippen LogP contribution is -1.99. The fourth-order valence-corrected chi connectivity index (χ4v) is 1.73. The lowest BCUT2D eigenvalue weighted by Gasteiger charge is -1.97. The molecule has 0 spiro atoms. The number of nitrogens with two attached hydrogens (primary N) is 1. The number of hydrogen-bond acceptors (Lipinski definition) is 4. The Morgan fingerprint density at radius 1 is 1.11 bits per heavy atom. The van der Waals surface area contributed by atoms with Crippen LogP contribution in [-0.2, 0) is 7.05 Å². The molecule has 19 heavy (non-hydrogen) atoms. The molecule has 0 saturated heterocycles. The van der Waals surface area contributed by atoms with Crippen molar-refractivity contribution in [3.63, 3.8) is 0 Å². The maximum Gasteiger partial charge on any atom is 0.209 e. The minimum Gasteiger partial charge on any atom is -0.382 e. The predicted octanol–water partition coefficient (Wildman–Crippen LogP) is 1.35. The smallest absolute Gasteiger partial charge is 0.209 e. The molecule has 0 unspecified atom stereocenters. The van der Waals surface area contributed by atoms with E-state index in [1.165, 1.54) is 0 Å². The molecule has 3 rings (SSSR count). The molecular weight excluding hydrogens is 238 g/mol. The van der Waals surface area contributed by atoms with E-state index in [1.54, 1.807) is 10.9 Å². The number of aromatic nitrogens is 4. The van der Waals surface area contributed by atoms with Crippen LogP contribution in [0.2, 0.25) is 0 Å². The van der Waals surface area contributed by atoms with Crippen LogP contribution in [0.4, 0.5) is 5.82 Å². The summed E-state index contributed by atoms with van der Waals surface area (Å²) in [5, 5.41) is 0. The average Bonchev–Trinajstić information content (AvgIpc) is 2.80. The number of fused-ring (bicyclic) bond motifs is 1. The van der Waals surface area contributed by atoms with Gasteiger partial charge in [0.2, 0.25) is 5.82 Å². The van der Waals surface area contributed by atoms with Crippen LogP contribution in [0.15, 0.2) is 36.7 Å². The van der Waals surface area contributed by atoms with Crippen LogP contribution in [0.5, 0.6) is 0 Å². The number of nitrogens with zero attached hydrogens (tertiary/aromatic N) is 4. The van der Waals surface area contributed by atoms with E-state index in [0.717, 1.165) is 5.56 Å². The lowest BCUT2D eigenvalue weighted by molar-refractivity contribution is 0.926. The van der Waals surface area contributed by atoms with Crippen molar-refractivity contribution in [3.05, 3.63) is 48.0 Å². The van der Waals surface area contributed by atoms with Gasteiger partial charge in [0.1, 0.15) is 5.52 Å². The van der Waals surface area contributed by atoms with Gasteiger partial charge >= 0.3 is 0 Å². The topological polar surface area (TPSA) is 69.6 Å². The van der Waals surface area contributed by atoms with Gasteiger partial charge in [-0.15, -0.1) is 0 Å². The molecule has 2 heterocycles. The standard InChI is InChI=1S/C14H11N5/c1-19-9-16-12-13(15)17-11(18-14(12)19)8-7-10-5-3-2-4-6-10/h2-6,9H,1H3,(H2,15,17,18). The number of imidazole rings is 1. The normalized spacial score (nSPS) is 10.2. The first-order chi connectivity index (χ1) is 9.24.